The lowest BCUT2D eigenvalue weighted by Crippen LogP contribution is -2.42. The Morgan fingerprint density at radius 1 is 0.500 bits per heavy atom. The van der Waals surface area contributed by atoms with Gasteiger partial charge in [0.05, 0.1) is 44.4 Å². The summed E-state index contributed by atoms with van der Waals surface area (Å²) < 4.78 is 142. The van der Waals surface area contributed by atoms with E-state index in [9.17, 15) is 64.3 Å². The van der Waals surface area contributed by atoms with Gasteiger partial charge in [0.1, 0.15) is 85.4 Å². The summed E-state index contributed by atoms with van der Waals surface area (Å²) in [5, 5.41) is 1.90. The first-order chi connectivity index (χ1) is 50.9. The molecule has 0 fully saturated rings. The van der Waals surface area contributed by atoms with E-state index in [-0.39, 0.29) is 51.8 Å². The van der Waals surface area contributed by atoms with Crippen molar-refractivity contribution in [2.45, 2.75) is 46.3 Å². The molecular weight excluding hydrogens is 1780 g/mol. The number of fused-ring (bicyclic) bond motifs is 2. The van der Waals surface area contributed by atoms with Gasteiger partial charge in [-0.15, -0.1) is 0 Å². The van der Waals surface area contributed by atoms with Crippen molar-refractivity contribution >= 4 is 117 Å². The van der Waals surface area contributed by atoms with Crippen molar-refractivity contribution in [3.63, 3.8) is 0 Å². The van der Waals surface area contributed by atoms with Crippen molar-refractivity contribution in [2.24, 2.45) is 26.9 Å². The molecule has 12 rings (SSSR count). The molecule has 0 saturated carbocycles. The van der Waals surface area contributed by atoms with Crippen LogP contribution in [0.2, 0.25) is 0 Å². The molecule has 3 N–H and O–H groups in total. The van der Waals surface area contributed by atoms with Crippen molar-refractivity contribution in [3.05, 3.63) is 298 Å². The van der Waals surface area contributed by atoms with Crippen molar-refractivity contribution in [2.75, 3.05) is 19.5 Å². The minimum Gasteiger partial charge on any atom is -0.497 e. The molecule has 12 aromatic rings. The third-order valence-corrected chi connectivity index (χ3v) is 20.1. The van der Waals surface area contributed by atoms with Gasteiger partial charge < -0.3 is 34.2 Å². The highest BCUT2D eigenvalue weighted by Gasteiger charge is 2.49. The molecule has 7 aromatic carbocycles. The molecule has 0 aliphatic carbocycles. The number of carbonyl (C=O) groups is 1. The fraction of sp³-hybridized carbons (Fsp3) is 0.162. The molecule has 24 nitrogen and oxygen atoms in total. The summed E-state index contributed by atoms with van der Waals surface area (Å²) in [5.41, 5.74) is -2.93. The van der Waals surface area contributed by atoms with Crippen LogP contribution < -0.4 is 73.4 Å². The van der Waals surface area contributed by atoms with Crippen LogP contribution in [0.3, 0.4) is 0 Å². The van der Waals surface area contributed by atoms with Crippen LogP contribution in [0.15, 0.2) is 191 Å². The number of hydrogen-bond acceptors (Lipinski definition) is 16. The maximum atomic E-state index is 15.4. The van der Waals surface area contributed by atoms with E-state index in [1.165, 1.54) is 92.5 Å². The highest BCUT2D eigenvalue weighted by Crippen LogP contribution is 2.36. The van der Waals surface area contributed by atoms with E-state index in [1.54, 1.807) is 84.3 Å². The highest BCUT2D eigenvalue weighted by atomic mass is 127. The summed E-state index contributed by atoms with van der Waals surface area (Å²) in [6, 6.07) is 39.2. The third kappa shape index (κ3) is 16.5. The predicted octanol–water partition coefficient (Wildman–Crippen LogP) is 12.3. The van der Waals surface area contributed by atoms with Gasteiger partial charge in [-0.2, -0.15) is 21.6 Å². The van der Waals surface area contributed by atoms with Gasteiger partial charge in [-0.05, 0) is 220 Å². The Morgan fingerprint density at radius 2 is 0.889 bits per heavy atom. The number of carbonyl (C=O) groups excluding carboxylic acids is 1. The van der Waals surface area contributed by atoms with Crippen LogP contribution >= 0.6 is 67.8 Å². The summed E-state index contributed by atoms with van der Waals surface area (Å²) in [7, 11) is 0.575. The minimum atomic E-state index is -6.34. The summed E-state index contributed by atoms with van der Waals surface area (Å²) in [4.78, 5) is 106. The van der Waals surface area contributed by atoms with Gasteiger partial charge in [-0.1, -0.05) is 48.5 Å². The molecule has 34 heteroatoms. The van der Waals surface area contributed by atoms with Crippen molar-refractivity contribution in [3.8, 4) is 51.6 Å². The Labute approximate surface area is 648 Å². The molecule has 108 heavy (non-hydrogen) atoms. The number of nitrogens with zero attached hydrogens (tertiary/aromatic N) is 7. The molecular formula is C74H60F6I3N9O15S. The average Bonchev–Trinajstić information content (AvgIpc) is 0.730. The Hall–Kier alpha value is -10.7. The van der Waals surface area contributed by atoms with Gasteiger partial charge in [0.2, 0.25) is 0 Å². The van der Waals surface area contributed by atoms with E-state index in [2.05, 4.69) is 9.50 Å². The van der Waals surface area contributed by atoms with E-state index in [0.29, 0.717) is 64.6 Å². The SMILES string of the molecule is COc1ccc(Cn2c(=O)c3c(OS(=O)(=O)C(F)(F)F)cc(=O)n(C)c3n(-c3ccc(I)cc3F)c2=O)cc1.COc1ccc(Cn2c(=O)c3c(Oc4cccc(C)c4C)cc(=O)n(C)c3n(-c3ccc(I)cc3F)c2=O)cc1.Cc1cccc(Oc2cc(=O)n(C)c(Nc3ccc(I)cc3F)c2C(N)=O)c1C. The van der Waals surface area contributed by atoms with Crippen LogP contribution in [0.25, 0.3) is 33.4 Å². The number of nitrogens with one attached hydrogen (secondary N) is 1. The second-order valence-corrected chi connectivity index (χ2v) is 29.2. The lowest BCUT2D eigenvalue weighted by atomic mass is 10.1. The molecule has 0 aliphatic rings. The molecule has 0 bridgehead atoms. The monoisotopic (exact) mass is 1840 g/mol. The number of alkyl halides is 3. The quantitative estimate of drug-likeness (QED) is 0.0371. The number of aryl methyl sites for hydroxylation is 4. The fourth-order valence-electron chi connectivity index (χ4n) is 11.1. The van der Waals surface area contributed by atoms with Crippen molar-refractivity contribution in [1.82, 2.24) is 32.0 Å². The van der Waals surface area contributed by atoms with Gasteiger partial charge in [0, 0.05) is 50.1 Å². The number of anilines is 2. The number of pyridine rings is 3. The molecule has 1 amide bonds. The number of rotatable bonds is 17. The number of ether oxygens (including phenoxy) is 4. The summed E-state index contributed by atoms with van der Waals surface area (Å²) >= 11 is 5.76. The molecule has 5 heterocycles. The number of benzene rings is 7. The molecule has 0 spiro atoms. The maximum Gasteiger partial charge on any atom is 0.534 e. The van der Waals surface area contributed by atoms with Crippen molar-refractivity contribution in [1.29, 1.82) is 0 Å². The van der Waals surface area contributed by atoms with Gasteiger partial charge in [-0.25, -0.2) is 31.9 Å². The minimum absolute atomic E-state index is 0.00252. The van der Waals surface area contributed by atoms with Crippen LogP contribution in [0.5, 0.6) is 40.2 Å². The normalized spacial score (nSPS) is 11.4. The number of methoxy groups -OCH3 is 2. The topological polar surface area (TPSA) is 289 Å². The summed E-state index contributed by atoms with van der Waals surface area (Å²) in [5.74, 6) is -2.24. The van der Waals surface area contributed by atoms with E-state index < -0.39 is 107 Å². The number of primary amides is 1. The standard InChI is InChI=1S/C30H25FIN3O5.C23H16F4IN3O7S.C21H19FIN3O3/c1-17-6-5-7-24(18(17)2)40-25-15-26(36)33(3)28-27(25)29(37)34(16-19-8-11-21(39-4)12-9-19)30(38)35(28)23-13-10-20(32)14-22(23)31;1-29-18(32)10-17(38-39(35,36)23(25,26)27)19-20(29)31(16-8-5-13(28)9-15(16)24)22(34)30(21(19)33)11-12-3-6-14(37-2)7-4-12;1-11-5-4-6-16(12(11)2)29-17-10-18(27)26(3)21(19(17)20(24)28)25-15-8-7-13(23)9-14(15)22/h5-15H,16H2,1-4H3;3-10H,11H2,1-2H3;4-10,25H,1-3H3,(H2,24,28). The Morgan fingerprint density at radius 3 is 1.30 bits per heavy atom. The van der Waals surface area contributed by atoms with Crippen molar-refractivity contribution < 1.29 is 62.7 Å². The zero-order chi connectivity index (χ0) is 78.9. The zero-order valence-corrected chi connectivity index (χ0v) is 65.4. The summed E-state index contributed by atoms with van der Waals surface area (Å²) in [6.07, 6.45) is 0. The Balaban J connectivity index is 0.000000175. The fourth-order valence-corrected chi connectivity index (χ4v) is 12.9. The molecule has 5 aromatic heterocycles. The first kappa shape index (κ1) is 79.8. The number of nitrogens with two attached hydrogens (primary N) is 1. The second-order valence-electron chi connectivity index (χ2n) is 23.9. The number of hydrogen-bond donors (Lipinski definition) is 2. The van der Waals surface area contributed by atoms with Crippen LogP contribution in [0.4, 0.5) is 37.8 Å². The predicted molar refractivity (Wildman–Crippen MR) is 418 cm³/mol. The zero-order valence-electron chi connectivity index (χ0n) is 58.1. The van der Waals surface area contributed by atoms with E-state index in [1.807, 2.05) is 91.1 Å². The average molecular weight is 1840 g/mol. The highest BCUT2D eigenvalue weighted by molar-refractivity contribution is 14.1. The van der Waals surface area contributed by atoms with E-state index in [0.717, 1.165) is 55.1 Å². The Kier molecular flexibility index (Phi) is 23.9. The van der Waals surface area contributed by atoms with Crippen LogP contribution in [-0.4, -0.2) is 66.0 Å². The van der Waals surface area contributed by atoms with Gasteiger partial charge in [-0.3, -0.25) is 51.6 Å². The molecule has 0 atom stereocenters. The molecule has 0 saturated heterocycles. The smallest absolute Gasteiger partial charge is 0.497 e. The Bertz CT molecular complexity index is 6200. The third-order valence-electron chi connectivity index (χ3n) is 17.1. The first-order valence-electron chi connectivity index (χ1n) is 31.7. The largest absolute Gasteiger partial charge is 0.534 e. The van der Waals surface area contributed by atoms with Gasteiger partial charge in [0.25, 0.3) is 33.7 Å². The molecule has 560 valence electrons. The molecule has 0 aliphatic heterocycles. The summed E-state index contributed by atoms with van der Waals surface area (Å²) in [6.45, 7) is 7.02. The van der Waals surface area contributed by atoms with E-state index >= 15 is 8.78 Å². The van der Waals surface area contributed by atoms with Crippen LogP contribution in [-0.2, 0) is 44.4 Å². The van der Waals surface area contributed by atoms with Gasteiger partial charge >= 0.3 is 27.0 Å². The second kappa shape index (κ2) is 32.4. The first-order valence-corrected chi connectivity index (χ1v) is 36.3. The maximum absolute atomic E-state index is 15.4. The molecule has 0 unspecified atom stereocenters. The lowest BCUT2D eigenvalue weighted by Gasteiger charge is -2.19. The number of aromatic nitrogens is 7. The van der Waals surface area contributed by atoms with E-state index in [4.69, 9.17) is 24.7 Å². The number of amides is 1. The number of halogens is 9. The van der Waals surface area contributed by atoms with Gasteiger partial charge in [0.15, 0.2) is 5.75 Å². The lowest BCUT2D eigenvalue weighted by molar-refractivity contribution is -0.0499. The van der Waals surface area contributed by atoms with Crippen LogP contribution in [0, 0.1) is 55.9 Å². The molecule has 0 radical (unpaired) electrons. The van der Waals surface area contributed by atoms with Crippen LogP contribution in [0.1, 0.15) is 43.7 Å².